The Kier molecular flexibility index (Phi) is 8.98. The predicted octanol–water partition coefficient (Wildman–Crippen LogP) is 4.43. The average molecular weight is 436 g/mol. The fraction of sp³-hybridized carbons (Fsp3) is 0.609. The van der Waals surface area contributed by atoms with Crippen molar-refractivity contribution < 1.29 is 14.4 Å². The van der Waals surface area contributed by atoms with E-state index in [4.69, 9.17) is 5.73 Å². The number of nitrogens with two attached hydrogens (primary N) is 1. The van der Waals surface area contributed by atoms with Gasteiger partial charge < -0.3 is 10.5 Å². The van der Waals surface area contributed by atoms with Gasteiger partial charge in [-0.15, -0.1) is 0 Å². The summed E-state index contributed by atoms with van der Waals surface area (Å²) in [7, 11) is 0. The van der Waals surface area contributed by atoms with E-state index in [9.17, 15) is 14.4 Å². The number of hydrogen-bond acceptors (Lipinski definition) is 6. The van der Waals surface area contributed by atoms with Crippen molar-refractivity contribution in [1.29, 1.82) is 0 Å². The van der Waals surface area contributed by atoms with Gasteiger partial charge in [-0.25, -0.2) is 0 Å². The van der Waals surface area contributed by atoms with Gasteiger partial charge >= 0.3 is 0 Å². The number of Topliss-reactive ketones (excluding diaryl/α,β-unsaturated/α-hetero) is 3. The van der Waals surface area contributed by atoms with Crippen molar-refractivity contribution in [2.45, 2.75) is 58.0 Å². The molecule has 6 heteroatoms. The lowest BCUT2D eigenvalue weighted by atomic mass is 9.76. The Morgan fingerprint density at radius 1 is 1.07 bits per heavy atom. The van der Waals surface area contributed by atoms with E-state index in [1.165, 1.54) is 11.1 Å². The van der Waals surface area contributed by atoms with Gasteiger partial charge in [0.15, 0.2) is 5.78 Å². The summed E-state index contributed by atoms with van der Waals surface area (Å²) in [6.07, 6.45) is 1.84. The molecule has 1 aromatic carbocycles. The third-order valence-corrected chi connectivity index (χ3v) is 8.65. The maximum atomic E-state index is 13.2. The molecule has 0 saturated carbocycles. The van der Waals surface area contributed by atoms with Gasteiger partial charge in [-0.1, -0.05) is 38.1 Å². The van der Waals surface area contributed by atoms with Gasteiger partial charge in [0.2, 0.25) is 0 Å². The molecule has 160 valence electrons. The number of carbonyl (C=O) groups excluding carboxylic acids is 3. The minimum absolute atomic E-state index is 0.000701. The largest absolute Gasteiger partial charge is 0.324 e. The lowest BCUT2D eigenvalue weighted by Crippen LogP contribution is -2.38. The Labute approximate surface area is 183 Å². The lowest BCUT2D eigenvalue weighted by molar-refractivity contribution is -0.129. The summed E-state index contributed by atoms with van der Waals surface area (Å²) in [5, 5.41) is 0. The molecular weight excluding hydrogens is 402 g/mol. The van der Waals surface area contributed by atoms with Crippen LogP contribution in [0.25, 0.3) is 0 Å². The second-order valence-electron chi connectivity index (χ2n) is 8.63. The zero-order valence-electron chi connectivity index (χ0n) is 17.8. The second-order valence-corrected chi connectivity index (χ2v) is 10.6. The fourth-order valence-corrected chi connectivity index (χ4v) is 6.30. The molecule has 1 aliphatic rings. The SMILES string of the molecule is CC(=O)CC[C@@]1(C)CSCc2ccccc2CSC[C@@](C)(C(=O)CN)CCC1=O. The summed E-state index contributed by atoms with van der Waals surface area (Å²) in [6, 6.07) is 8.38. The van der Waals surface area contributed by atoms with Crippen LogP contribution in [0.15, 0.2) is 24.3 Å². The summed E-state index contributed by atoms with van der Waals surface area (Å²) in [4.78, 5) is 37.4. The quantitative estimate of drug-likeness (QED) is 0.737. The molecule has 0 fully saturated rings. The molecule has 2 atom stereocenters. The fourth-order valence-electron chi connectivity index (χ4n) is 3.59. The van der Waals surface area contributed by atoms with Crippen LogP contribution >= 0.6 is 23.5 Å². The van der Waals surface area contributed by atoms with Crippen LogP contribution < -0.4 is 5.73 Å². The van der Waals surface area contributed by atoms with Gasteiger partial charge in [-0.05, 0) is 30.9 Å². The minimum atomic E-state index is -0.604. The predicted molar refractivity (Wildman–Crippen MR) is 123 cm³/mol. The van der Waals surface area contributed by atoms with Crippen LogP contribution in [-0.4, -0.2) is 35.4 Å². The van der Waals surface area contributed by atoms with Crippen LogP contribution in [-0.2, 0) is 25.9 Å². The highest BCUT2D eigenvalue weighted by molar-refractivity contribution is 7.98. The Hall–Kier alpha value is -1.11. The molecule has 0 unspecified atom stereocenters. The van der Waals surface area contributed by atoms with Gasteiger partial charge in [-0.3, -0.25) is 9.59 Å². The first-order valence-corrected chi connectivity index (χ1v) is 12.5. The number of thioether (sulfide) groups is 2. The van der Waals surface area contributed by atoms with E-state index < -0.39 is 10.8 Å². The van der Waals surface area contributed by atoms with E-state index in [2.05, 4.69) is 12.1 Å². The normalized spacial score (nSPS) is 26.6. The van der Waals surface area contributed by atoms with E-state index in [1.54, 1.807) is 30.4 Å². The summed E-state index contributed by atoms with van der Waals surface area (Å²) in [5.74, 6) is 3.31. The molecule has 1 aromatic rings. The van der Waals surface area contributed by atoms with Crippen LogP contribution in [0.1, 0.15) is 57.6 Å². The van der Waals surface area contributed by atoms with Gasteiger partial charge in [0, 0.05) is 46.7 Å². The first kappa shape index (κ1) is 24.2. The molecule has 1 aliphatic heterocycles. The maximum absolute atomic E-state index is 13.2. The standard InChI is InChI=1S/C23H33NO3S2/c1-17(25)8-10-22(2)15-28-13-18-6-4-5-7-19(18)14-29-16-23(3,21(27)12-24)11-9-20(22)26/h4-7H,8-16,24H2,1-3H3/t22-,23-/m0/s1. The third-order valence-electron chi connectivity index (χ3n) is 5.94. The molecule has 2 rings (SSSR count). The molecule has 0 radical (unpaired) electrons. The van der Waals surface area contributed by atoms with Crippen molar-refractivity contribution in [1.82, 2.24) is 0 Å². The van der Waals surface area contributed by atoms with Crippen LogP contribution in [0.3, 0.4) is 0 Å². The van der Waals surface area contributed by atoms with Crippen molar-refractivity contribution in [3.8, 4) is 0 Å². The van der Waals surface area contributed by atoms with E-state index >= 15 is 0 Å². The second kappa shape index (κ2) is 10.8. The van der Waals surface area contributed by atoms with E-state index in [1.807, 2.05) is 26.0 Å². The lowest BCUT2D eigenvalue weighted by Gasteiger charge is -2.31. The van der Waals surface area contributed by atoms with Crippen LogP contribution in [0.2, 0.25) is 0 Å². The molecule has 0 amide bonds. The minimum Gasteiger partial charge on any atom is -0.324 e. The molecule has 0 aliphatic carbocycles. The highest BCUT2D eigenvalue weighted by Gasteiger charge is 2.37. The Balaban J connectivity index is 2.31. The van der Waals surface area contributed by atoms with Gasteiger partial charge in [0.1, 0.15) is 11.6 Å². The summed E-state index contributed by atoms with van der Waals surface area (Å²) < 4.78 is 0. The number of rotatable bonds is 5. The van der Waals surface area contributed by atoms with E-state index in [-0.39, 0.29) is 23.9 Å². The molecule has 0 saturated heterocycles. The van der Waals surface area contributed by atoms with Crippen molar-refractivity contribution in [3.05, 3.63) is 35.4 Å². The van der Waals surface area contributed by atoms with Crippen molar-refractivity contribution in [3.63, 3.8) is 0 Å². The number of fused-ring (bicyclic) bond motifs is 1. The monoisotopic (exact) mass is 435 g/mol. The van der Waals surface area contributed by atoms with Crippen LogP contribution in [0.5, 0.6) is 0 Å². The zero-order valence-corrected chi connectivity index (χ0v) is 19.4. The summed E-state index contributed by atoms with van der Waals surface area (Å²) in [6.45, 7) is 5.49. The number of hydrogen-bond donors (Lipinski definition) is 1. The highest BCUT2D eigenvalue weighted by Crippen LogP contribution is 2.37. The first-order valence-electron chi connectivity index (χ1n) is 10.2. The van der Waals surface area contributed by atoms with E-state index in [0.29, 0.717) is 37.2 Å². The van der Waals surface area contributed by atoms with Gasteiger partial charge in [0.05, 0.1) is 6.54 Å². The molecule has 0 bridgehead atoms. The number of ketones is 3. The van der Waals surface area contributed by atoms with E-state index in [0.717, 1.165) is 11.5 Å². The first-order chi connectivity index (χ1) is 13.7. The van der Waals surface area contributed by atoms with Crippen molar-refractivity contribution in [2.75, 3.05) is 18.1 Å². The molecule has 4 nitrogen and oxygen atoms in total. The molecule has 0 spiro atoms. The molecular formula is C23H33NO3S2. The average Bonchev–Trinajstić information content (AvgIpc) is 2.71. The molecule has 29 heavy (non-hydrogen) atoms. The Morgan fingerprint density at radius 3 is 2.21 bits per heavy atom. The van der Waals surface area contributed by atoms with Gasteiger partial charge in [0.25, 0.3) is 0 Å². The van der Waals surface area contributed by atoms with Crippen LogP contribution in [0, 0.1) is 10.8 Å². The van der Waals surface area contributed by atoms with Gasteiger partial charge in [-0.2, -0.15) is 23.5 Å². The molecule has 2 N–H and O–H groups in total. The Bertz CT molecular complexity index is 751. The number of benzene rings is 1. The number of carbonyl (C=O) groups is 3. The topological polar surface area (TPSA) is 77.2 Å². The summed E-state index contributed by atoms with van der Waals surface area (Å²) >= 11 is 3.50. The smallest absolute Gasteiger partial charge is 0.153 e. The summed E-state index contributed by atoms with van der Waals surface area (Å²) in [5.41, 5.74) is 7.09. The third kappa shape index (κ3) is 6.69. The van der Waals surface area contributed by atoms with Crippen LogP contribution in [0.4, 0.5) is 0 Å². The Morgan fingerprint density at radius 2 is 1.66 bits per heavy atom. The highest BCUT2D eigenvalue weighted by atomic mass is 32.2. The van der Waals surface area contributed by atoms with Crippen molar-refractivity contribution in [2.24, 2.45) is 16.6 Å². The molecule has 0 aromatic heterocycles. The zero-order chi connectivity index (χ0) is 21.5. The van der Waals surface area contributed by atoms with Crippen molar-refractivity contribution >= 4 is 40.9 Å². The maximum Gasteiger partial charge on any atom is 0.153 e. The molecule has 1 heterocycles.